The number of hydrogen-bond acceptors (Lipinski definition) is 5. The lowest BCUT2D eigenvalue weighted by molar-refractivity contribution is -0.141. The molecule has 0 aliphatic rings. The van der Waals surface area contributed by atoms with E-state index in [0.29, 0.717) is 0 Å². The number of carboxylic acid groups (broad SMARTS) is 1. The monoisotopic (exact) mass is 341 g/mol. The van der Waals surface area contributed by atoms with E-state index in [1.54, 1.807) is 19.1 Å². The lowest BCUT2D eigenvalue weighted by Crippen LogP contribution is -2.45. The molecule has 0 fully saturated rings. The Labute approximate surface area is 134 Å². The van der Waals surface area contributed by atoms with E-state index in [1.807, 2.05) is 0 Å². The van der Waals surface area contributed by atoms with Crippen LogP contribution in [-0.2, 0) is 19.6 Å². The lowest BCUT2D eigenvalue weighted by atomic mass is 10.2. The van der Waals surface area contributed by atoms with Crippen LogP contribution < -0.4 is 5.32 Å². The van der Waals surface area contributed by atoms with Crippen LogP contribution in [0.15, 0.2) is 41.6 Å². The molecular formula is C14H19N3O5S. The van der Waals surface area contributed by atoms with E-state index < -0.39 is 34.5 Å². The fraction of sp³-hybridized carbons (Fsp3) is 0.357. The summed E-state index contributed by atoms with van der Waals surface area (Å²) in [5.74, 6) is -1.88. The zero-order valence-electron chi connectivity index (χ0n) is 12.8. The Bertz CT molecular complexity index is 673. The summed E-state index contributed by atoms with van der Waals surface area (Å²) in [7, 11) is -2.62. The van der Waals surface area contributed by atoms with Gasteiger partial charge in [0.1, 0.15) is 10.9 Å². The van der Waals surface area contributed by atoms with Gasteiger partial charge in [0.05, 0.1) is 6.54 Å². The molecule has 1 atom stereocenters. The lowest BCUT2D eigenvalue weighted by Gasteiger charge is -2.18. The average Bonchev–Trinajstić information content (AvgIpc) is 2.51. The van der Waals surface area contributed by atoms with Crippen molar-refractivity contribution in [3.05, 3.63) is 36.7 Å². The number of carbonyl (C=O) groups is 2. The van der Waals surface area contributed by atoms with Crippen molar-refractivity contribution in [3.63, 3.8) is 0 Å². The van der Waals surface area contributed by atoms with Gasteiger partial charge in [-0.3, -0.25) is 9.78 Å². The predicted octanol–water partition coefficient (Wildman–Crippen LogP) is 0.238. The van der Waals surface area contributed by atoms with Gasteiger partial charge >= 0.3 is 5.97 Å². The van der Waals surface area contributed by atoms with Crippen molar-refractivity contribution < 1.29 is 23.1 Å². The van der Waals surface area contributed by atoms with Crippen LogP contribution in [0.1, 0.15) is 13.3 Å². The van der Waals surface area contributed by atoms with E-state index >= 15 is 0 Å². The van der Waals surface area contributed by atoms with E-state index in [9.17, 15) is 18.0 Å². The molecule has 1 aromatic heterocycles. The van der Waals surface area contributed by atoms with Crippen LogP contribution >= 0.6 is 0 Å². The van der Waals surface area contributed by atoms with Gasteiger partial charge < -0.3 is 10.4 Å². The van der Waals surface area contributed by atoms with Gasteiger partial charge in [0.15, 0.2) is 0 Å². The summed E-state index contributed by atoms with van der Waals surface area (Å²) < 4.78 is 25.3. The number of carboxylic acids is 1. The SMILES string of the molecule is C/C=C/CC(NC(=O)CN(C)S(=O)(=O)c1cccnc1)C(=O)O. The number of carbonyl (C=O) groups excluding carboxylic acids is 1. The highest BCUT2D eigenvalue weighted by molar-refractivity contribution is 7.89. The molecule has 1 aromatic rings. The molecule has 0 saturated carbocycles. The highest BCUT2D eigenvalue weighted by Crippen LogP contribution is 2.11. The van der Waals surface area contributed by atoms with Crippen LogP contribution in [0.4, 0.5) is 0 Å². The molecule has 0 aliphatic carbocycles. The zero-order chi connectivity index (χ0) is 17.5. The smallest absolute Gasteiger partial charge is 0.326 e. The van der Waals surface area contributed by atoms with Crippen LogP contribution in [0.25, 0.3) is 0 Å². The minimum atomic E-state index is -3.86. The maximum Gasteiger partial charge on any atom is 0.326 e. The minimum Gasteiger partial charge on any atom is -0.480 e. The summed E-state index contributed by atoms with van der Waals surface area (Å²) in [5.41, 5.74) is 0. The molecule has 9 heteroatoms. The number of rotatable bonds is 8. The summed E-state index contributed by atoms with van der Waals surface area (Å²) in [6, 6.07) is 1.73. The molecule has 0 aromatic carbocycles. The Morgan fingerprint density at radius 2 is 2.17 bits per heavy atom. The number of nitrogens with zero attached hydrogens (tertiary/aromatic N) is 2. The molecule has 0 aliphatic heterocycles. The quantitative estimate of drug-likeness (QED) is 0.654. The van der Waals surface area contributed by atoms with Crippen molar-refractivity contribution in [2.75, 3.05) is 13.6 Å². The normalized spacial score (nSPS) is 13.2. The Morgan fingerprint density at radius 1 is 1.48 bits per heavy atom. The molecular weight excluding hydrogens is 322 g/mol. The van der Waals surface area contributed by atoms with Gasteiger partial charge in [-0.2, -0.15) is 4.31 Å². The van der Waals surface area contributed by atoms with E-state index in [4.69, 9.17) is 5.11 Å². The first-order chi connectivity index (χ1) is 10.8. The Balaban J connectivity index is 2.74. The highest BCUT2D eigenvalue weighted by Gasteiger charge is 2.25. The molecule has 1 unspecified atom stereocenters. The Morgan fingerprint density at radius 3 is 2.70 bits per heavy atom. The number of aromatic nitrogens is 1. The Hall–Kier alpha value is -2.26. The van der Waals surface area contributed by atoms with Gasteiger partial charge in [-0.1, -0.05) is 12.2 Å². The number of aliphatic carboxylic acids is 1. The summed E-state index contributed by atoms with van der Waals surface area (Å²) in [4.78, 5) is 26.6. The van der Waals surface area contributed by atoms with Crippen LogP contribution in [0.2, 0.25) is 0 Å². The van der Waals surface area contributed by atoms with Gasteiger partial charge in [0.2, 0.25) is 15.9 Å². The van der Waals surface area contributed by atoms with E-state index in [0.717, 1.165) is 4.31 Å². The number of likely N-dealkylation sites (N-methyl/N-ethyl adjacent to an activating group) is 1. The predicted molar refractivity (Wildman–Crippen MR) is 83.1 cm³/mol. The van der Waals surface area contributed by atoms with E-state index in [1.165, 1.54) is 31.6 Å². The first-order valence-corrected chi connectivity index (χ1v) is 8.22. The molecule has 1 rings (SSSR count). The van der Waals surface area contributed by atoms with Crippen molar-refractivity contribution in [2.24, 2.45) is 0 Å². The molecule has 1 heterocycles. The first-order valence-electron chi connectivity index (χ1n) is 6.78. The molecule has 0 radical (unpaired) electrons. The number of amides is 1. The average molecular weight is 341 g/mol. The van der Waals surface area contributed by atoms with Gasteiger partial charge in [0.25, 0.3) is 0 Å². The summed E-state index contributed by atoms with van der Waals surface area (Å²) in [5, 5.41) is 11.3. The second kappa shape index (κ2) is 8.39. The summed E-state index contributed by atoms with van der Waals surface area (Å²) >= 11 is 0. The second-order valence-electron chi connectivity index (χ2n) is 4.71. The van der Waals surface area contributed by atoms with Gasteiger partial charge in [-0.05, 0) is 25.5 Å². The second-order valence-corrected chi connectivity index (χ2v) is 6.76. The van der Waals surface area contributed by atoms with Crippen molar-refractivity contribution in [1.82, 2.24) is 14.6 Å². The van der Waals surface area contributed by atoms with Crippen molar-refractivity contribution in [3.8, 4) is 0 Å². The van der Waals surface area contributed by atoms with Crippen molar-refractivity contribution in [2.45, 2.75) is 24.3 Å². The number of nitrogens with one attached hydrogen (secondary N) is 1. The molecule has 2 N–H and O–H groups in total. The van der Waals surface area contributed by atoms with E-state index in [2.05, 4.69) is 10.3 Å². The number of pyridine rings is 1. The standard InChI is InChI=1S/C14H19N3O5S/c1-3-4-7-12(14(19)20)16-13(18)10-17(2)23(21,22)11-6-5-8-15-9-11/h3-6,8-9,12H,7,10H2,1-2H3,(H,16,18)(H,19,20)/b4-3+. The maximum atomic E-state index is 12.2. The number of sulfonamides is 1. The molecule has 23 heavy (non-hydrogen) atoms. The van der Waals surface area contributed by atoms with Crippen molar-refractivity contribution in [1.29, 1.82) is 0 Å². The highest BCUT2D eigenvalue weighted by atomic mass is 32.2. The molecule has 126 valence electrons. The zero-order valence-corrected chi connectivity index (χ0v) is 13.7. The van der Waals surface area contributed by atoms with Gasteiger partial charge in [-0.25, -0.2) is 13.2 Å². The third kappa shape index (κ3) is 5.46. The fourth-order valence-electron chi connectivity index (χ4n) is 1.70. The summed E-state index contributed by atoms with van der Waals surface area (Å²) in [6.45, 7) is 1.24. The maximum absolute atomic E-state index is 12.2. The summed E-state index contributed by atoms with van der Waals surface area (Å²) in [6.07, 6.45) is 6.01. The van der Waals surface area contributed by atoms with Crippen molar-refractivity contribution >= 4 is 21.9 Å². The van der Waals surface area contributed by atoms with Crippen LogP contribution in [0.5, 0.6) is 0 Å². The third-order valence-electron chi connectivity index (χ3n) is 2.95. The van der Waals surface area contributed by atoms with Crippen LogP contribution in [0.3, 0.4) is 0 Å². The van der Waals surface area contributed by atoms with Gasteiger partial charge in [0, 0.05) is 19.4 Å². The number of allylic oxidation sites excluding steroid dienone is 1. The van der Waals surface area contributed by atoms with E-state index in [-0.39, 0.29) is 11.3 Å². The Kier molecular flexibility index (Phi) is 6.86. The fourth-order valence-corrected chi connectivity index (χ4v) is 2.79. The number of hydrogen-bond donors (Lipinski definition) is 2. The molecule has 0 spiro atoms. The topological polar surface area (TPSA) is 117 Å². The molecule has 0 bridgehead atoms. The molecule has 0 saturated heterocycles. The third-order valence-corrected chi connectivity index (χ3v) is 4.74. The first kappa shape index (κ1) is 18.8. The molecule has 8 nitrogen and oxygen atoms in total. The van der Waals surface area contributed by atoms with Gasteiger partial charge in [-0.15, -0.1) is 0 Å². The van der Waals surface area contributed by atoms with Crippen LogP contribution in [-0.4, -0.2) is 54.3 Å². The largest absolute Gasteiger partial charge is 0.480 e. The van der Waals surface area contributed by atoms with Crippen LogP contribution in [0, 0.1) is 0 Å². The molecule has 1 amide bonds. The minimum absolute atomic E-state index is 0.0426.